The van der Waals surface area contributed by atoms with Gasteiger partial charge < -0.3 is 38.3 Å². The fourth-order valence-electron chi connectivity index (χ4n) is 2.69. The van der Waals surface area contributed by atoms with Crippen LogP contribution in [0.25, 0.3) is 0 Å². The average Bonchev–Trinajstić information content (AvgIpc) is 2.73. The molecule has 1 rings (SSSR count). The fraction of sp³-hybridized carbons (Fsp3) is 0.450. The van der Waals surface area contributed by atoms with Crippen molar-refractivity contribution in [1.82, 2.24) is 16.0 Å². The van der Waals surface area contributed by atoms with Crippen LogP contribution in [0.4, 0.5) is 0 Å². The topological polar surface area (TPSA) is 215 Å². The number of hydrogen-bond acceptors (Lipinski definition) is 6. The summed E-state index contributed by atoms with van der Waals surface area (Å²) < 4.78 is 0. The number of carboxylic acid groups (broad SMARTS) is 1. The zero-order chi connectivity index (χ0) is 24.1. The first-order chi connectivity index (χ1) is 15.1. The van der Waals surface area contributed by atoms with Crippen LogP contribution in [0.5, 0.6) is 0 Å². The van der Waals surface area contributed by atoms with Crippen molar-refractivity contribution in [2.45, 2.75) is 44.3 Å². The van der Waals surface area contributed by atoms with Crippen LogP contribution in [0.1, 0.15) is 25.3 Å². The summed E-state index contributed by atoms with van der Waals surface area (Å²) in [6, 6.07) is 6.00. The maximum Gasteiger partial charge on any atom is 0.322 e. The van der Waals surface area contributed by atoms with Crippen LogP contribution in [0.15, 0.2) is 35.3 Å². The van der Waals surface area contributed by atoms with Crippen LogP contribution in [0.2, 0.25) is 0 Å². The van der Waals surface area contributed by atoms with Gasteiger partial charge in [-0.1, -0.05) is 30.3 Å². The number of benzene rings is 1. The first-order valence-electron chi connectivity index (χ1n) is 10.0. The molecule has 10 N–H and O–H groups in total. The molecule has 0 radical (unpaired) electrons. The first kappa shape index (κ1) is 26.4. The second-order valence-corrected chi connectivity index (χ2v) is 7.16. The summed E-state index contributed by atoms with van der Waals surface area (Å²) in [5.74, 6) is -3.13. The molecule has 3 unspecified atom stereocenters. The highest BCUT2D eigenvalue weighted by atomic mass is 16.4. The molecule has 3 amide bonds. The molecule has 12 heteroatoms. The smallest absolute Gasteiger partial charge is 0.322 e. The lowest BCUT2D eigenvalue weighted by atomic mass is 10.0. The Morgan fingerprint density at radius 3 is 2.19 bits per heavy atom. The van der Waals surface area contributed by atoms with Crippen LogP contribution in [-0.2, 0) is 25.6 Å². The predicted octanol–water partition coefficient (Wildman–Crippen LogP) is -2.20. The molecule has 1 aromatic carbocycles. The minimum Gasteiger partial charge on any atom is -0.480 e. The van der Waals surface area contributed by atoms with Gasteiger partial charge in [0.15, 0.2) is 5.96 Å². The number of carbonyl (C=O) groups is 4. The summed E-state index contributed by atoms with van der Waals surface area (Å²) in [6.45, 7) is 1.12. The lowest BCUT2D eigenvalue weighted by Gasteiger charge is -2.23. The second-order valence-electron chi connectivity index (χ2n) is 7.16. The third-order valence-electron chi connectivity index (χ3n) is 4.32. The van der Waals surface area contributed by atoms with E-state index in [-0.39, 0.29) is 25.3 Å². The van der Waals surface area contributed by atoms with Crippen LogP contribution in [0.3, 0.4) is 0 Å². The number of guanidine groups is 1. The molecular weight excluding hydrogens is 418 g/mol. The van der Waals surface area contributed by atoms with E-state index >= 15 is 0 Å². The molecule has 0 spiro atoms. The largest absolute Gasteiger partial charge is 0.480 e. The van der Waals surface area contributed by atoms with Crippen molar-refractivity contribution >= 4 is 29.7 Å². The van der Waals surface area contributed by atoms with Gasteiger partial charge in [0, 0.05) is 13.0 Å². The molecule has 32 heavy (non-hydrogen) atoms. The Hall–Kier alpha value is -3.67. The van der Waals surface area contributed by atoms with E-state index in [0.717, 1.165) is 5.56 Å². The van der Waals surface area contributed by atoms with E-state index in [0.29, 0.717) is 6.42 Å². The molecule has 0 aromatic heterocycles. The van der Waals surface area contributed by atoms with E-state index in [1.807, 2.05) is 0 Å². The second kappa shape index (κ2) is 13.6. The van der Waals surface area contributed by atoms with Crippen molar-refractivity contribution in [3.8, 4) is 0 Å². The van der Waals surface area contributed by atoms with Crippen LogP contribution >= 0.6 is 0 Å². The van der Waals surface area contributed by atoms with Crippen molar-refractivity contribution < 1.29 is 24.3 Å². The third kappa shape index (κ3) is 10.4. The van der Waals surface area contributed by atoms with Gasteiger partial charge >= 0.3 is 5.97 Å². The Balaban J connectivity index is 2.96. The molecule has 0 fully saturated rings. The van der Waals surface area contributed by atoms with Crippen molar-refractivity contribution in [2.75, 3.05) is 13.1 Å². The molecule has 1 aromatic rings. The van der Waals surface area contributed by atoms with Crippen LogP contribution in [-0.4, -0.2) is 66.0 Å². The molecule has 176 valence electrons. The fourth-order valence-corrected chi connectivity index (χ4v) is 2.69. The lowest BCUT2D eigenvalue weighted by molar-refractivity contribution is -0.138. The highest BCUT2D eigenvalue weighted by Gasteiger charge is 2.27. The van der Waals surface area contributed by atoms with Crippen LogP contribution < -0.4 is 33.2 Å². The Labute approximate surface area is 186 Å². The third-order valence-corrected chi connectivity index (χ3v) is 4.32. The average molecular weight is 450 g/mol. The van der Waals surface area contributed by atoms with Gasteiger partial charge in [-0.3, -0.25) is 24.2 Å². The molecule has 0 bridgehead atoms. The molecule has 0 heterocycles. The maximum atomic E-state index is 12.9. The molecule has 0 aliphatic carbocycles. The summed E-state index contributed by atoms with van der Waals surface area (Å²) >= 11 is 0. The highest BCUT2D eigenvalue weighted by Crippen LogP contribution is 2.06. The normalized spacial score (nSPS) is 13.2. The molecular formula is C20H31N7O5. The minimum absolute atomic E-state index is 0.0938. The predicted molar refractivity (Wildman–Crippen MR) is 118 cm³/mol. The standard InChI is InChI=1S/C20H31N7O5/c1-12(21)17(30)26-14(8-5-9-24-20(22)23)19(32)27-15(18(31)25-11-16(28)29)10-13-6-3-2-4-7-13/h2-4,6-7,12,14-15H,5,8-11,21H2,1H3,(H,25,31)(H,26,30)(H,27,32)(H,28,29)(H4,22,23,24). The minimum atomic E-state index is -1.22. The first-order valence-corrected chi connectivity index (χ1v) is 10.0. The molecule has 3 atom stereocenters. The summed E-state index contributed by atoms with van der Waals surface area (Å²) in [7, 11) is 0. The van der Waals surface area contributed by atoms with Gasteiger partial charge in [-0.15, -0.1) is 0 Å². The quantitative estimate of drug-likeness (QED) is 0.0993. The van der Waals surface area contributed by atoms with E-state index < -0.39 is 48.4 Å². The van der Waals surface area contributed by atoms with Gasteiger partial charge in [0.2, 0.25) is 17.7 Å². The summed E-state index contributed by atoms with van der Waals surface area (Å²) in [5, 5.41) is 16.2. The SMILES string of the molecule is CC(N)C(=O)NC(CCCN=C(N)N)C(=O)NC(Cc1ccccc1)C(=O)NCC(=O)O. The van der Waals surface area contributed by atoms with Gasteiger partial charge in [0.25, 0.3) is 0 Å². The molecule has 12 nitrogen and oxygen atoms in total. The Morgan fingerprint density at radius 2 is 1.62 bits per heavy atom. The highest BCUT2D eigenvalue weighted by molar-refractivity contribution is 5.93. The Kier molecular flexibility index (Phi) is 11.2. The van der Waals surface area contributed by atoms with E-state index in [4.69, 9.17) is 22.3 Å². The van der Waals surface area contributed by atoms with Crippen molar-refractivity contribution in [3.05, 3.63) is 35.9 Å². The van der Waals surface area contributed by atoms with Crippen molar-refractivity contribution in [1.29, 1.82) is 0 Å². The van der Waals surface area contributed by atoms with Crippen LogP contribution in [0, 0.1) is 0 Å². The summed E-state index contributed by atoms with van der Waals surface area (Å²) in [4.78, 5) is 52.2. The van der Waals surface area contributed by atoms with Gasteiger partial charge in [-0.25, -0.2) is 0 Å². The van der Waals surface area contributed by atoms with Gasteiger partial charge in [0.05, 0.1) is 6.04 Å². The van der Waals surface area contributed by atoms with E-state index in [1.165, 1.54) is 6.92 Å². The number of nitrogens with two attached hydrogens (primary N) is 3. The number of hydrogen-bond donors (Lipinski definition) is 7. The molecule has 0 aliphatic rings. The van der Waals surface area contributed by atoms with Gasteiger partial charge in [-0.05, 0) is 25.3 Å². The Bertz CT molecular complexity index is 810. The monoisotopic (exact) mass is 449 g/mol. The van der Waals surface area contributed by atoms with Crippen molar-refractivity contribution in [2.24, 2.45) is 22.2 Å². The Morgan fingerprint density at radius 1 is 1.00 bits per heavy atom. The maximum absolute atomic E-state index is 12.9. The number of aliphatic imine (C=N–C) groups is 1. The summed E-state index contributed by atoms with van der Waals surface area (Å²) in [5.41, 5.74) is 16.9. The van der Waals surface area contributed by atoms with E-state index in [2.05, 4.69) is 20.9 Å². The lowest BCUT2D eigenvalue weighted by Crippen LogP contribution is -2.56. The molecule has 0 aliphatic heterocycles. The number of carboxylic acids is 1. The van der Waals surface area contributed by atoms with E-state index in [9.17, 15) is 19.2 Å². The number of aliphatic carboxylic acids is 1. The van der Waals surface area contributed by atoms with Gasteiger partial charge in [-0.2, -0.15) is 0 Å². The van der Waals surface area contributed by atoms with Crippen molar-refractivity contribution in [3.63, 3.8) is 0 Å². The number of carbonyl (C=O) groups excluding carboxylic acids is 3. The number of rotatable bonds is 13. The number of nitrogens with one attached hydrogen (secondary N) is 3. The van der Waals surface area contributed by atoms with Gasteiger partial charge in [0.1, 0.15) is 18.6 Å². The zero-order valence-electron chi connectivity index (χ0n) is 17.9. The number of nitrogens with zero attached hydrogens (tertiary/aromatic N) is 1. The number of amides is 3. The molecule has 0 saturated carbocycles. The zero-order valence-corrected chi connectivity index (χ0v) is 17.9. The van der Waals surface area contributed by atoms with E-state index in [1.54, 1.807) is 30.3 Å². The molecule has 0 saturated heterocycles. The summed E-state index contributed by atoms with van der Waals surface area (Å²) in [6.07, 6.45) is 0.694.